The van der Waals surface area contributed by atoms with Crippen LogP contribution in [0.15, 0.2) is 36.7 Å². The molecule has 0 saturated heterocycles. The van der Waals surface area contributed by atoms with Crippen LogP contribution in [0, 0.1) is 11.3 Å². The molecule has 0 radical (unpaired) electrons. The van der Waals surface area contributed by atoms with E-state index in [4.69, 9.17) is 11.0 Å². The number of nitrogens with one attached hydrogen (secondary N) is 1. The van der Waals surface area contributed by atoms with Crippen molar-refractivity contribution in [3.8, 4) is 17.2 Å². The largest absolute Gasteiger partial charge is 0.399 e. The van der Waals surface area contributed by atoms with Crippen molar-refractivity contribution in [2.45, 2.75) is 6.54 Å². The molecule has 6 nitrogen and oxygen atoms in total. The Bertz CT molecular complexity index is 626. The van der Waals surface area contributed by atoms with E-state index >= 15 is 0 Å². The Morgan fingerprint density at radius 1 is 1.47 bits per heavy atom. The van der Waals surface area contributed by atoms with Crippen LogP contribution in [0.5, 0.6) is 0 Å². The zero-order valence-corrected chi connectivity index (χ0v) is 10.2. The van der Waals surface area contributed by atoms with Gasteiger partial charge in [0.25, 0.3) is 0 Å². The number of carbonyl (C=O) groups is 1. The molecule has 0 atom stereocenters. The average molecular weight is 255 g/mol. The summed E-state index contributed by atoms with van der Waals surface area (Å²) in [6.07, 6.45) is 3.44. The minimum absolute atomic E-state index is 0.00216. The van der Waals surface area contributed by atoms with E-state index in [1.54, 1.807) is 12.4 Å². The Labute approximate surface area is 110 Å². The van der Waals surface area contributed by atoms with Crippen LogP contribution in [-0.2, 0) is 11.3 Å². The van der Waals surface area contributed by atoms with Gasteiger partial charge in [-0.1, -0.05) is 12.1 Å². The first-order valence-corrected chi connectivity index (χ1v) is 5.71. The minimum atomic E-state index is -0.247. The van der Waals surface area contributed by atoms with Crippen LogP contribution in [0.4, 0.5) is 5.69 Å². The highest BCUT2D eigenvalue weighted by Crippen LogP contribution is 2.20. The van der Waals surface area contributed by atoms with Gasteiger partial charge in [0.2, 0.25) is 5.91 Å². The van der Waals surface area contributed by atoms with Crippen LogP contribution in [0.1, 0.15) is 0 Å². The van der Waals surface area contributed by atoms with Gasteiger partial charge in [-0.2, -0.15) is 10.4 Å². The molecule has 2 rings (SSSR count). The van der Waals surface area contributed by atoms with Gasteiger partial charge >= 0.3 is 0 Å². The summed E-state index contributed by atoms with van der Waals surface area (Å²) in [7, 11) is 0. The molecule has 1 aromatic heterocycles. The van der Waals surface area contributed by atoms with E-state index < -0.39 is 0 Å². The molecular weight excluding hydrogens is 242 g/mol. The molecule has 0 saturated carbocycles. The molecule has 1 amide bonds. The van der Waals surface area contributed by atoms with Crippen LogP contribution >= 0.6 is 0 Å². The van der Waals surface area contributed by atoms with Crippen molar-refractivity contribution in [3.05, 3.63) is 36.7 Å². The van der Waals surface area contributed by atoms with Gasteiger partial charge in [-0.25, -0.2) is 0 Å². The van der Waals surface area contributed by atoms with Crippen molar-refractivity contribution in [2.24, 2.45) is 0 Å². The quantitative estimate of drug-likeness (QED) is 0.623. The first-order valence-electron chi connectivity index (χ1n) is 5.71. The summed E-state index contributed by atoms with van der Waals surface area (Å²) >= 11 is 0. The maximum atomic E-state index is 11.4. The lowest BCUT2D eigenvalue weighted by Crippen LogP contribution is -2.27. The lowest BCUT2D eigenvalue weighted by atomic mass is 10.1. The van der Waals surface area contributed by atoms with Gasteiger partial charge in [-0.15, -0.1) is 0 Å². The van der Waals surface area contributed by atoms with Crippen molar-refractivity contribution in [2.75, 3.05) is 12.3 Å². The normalized spacial score (nSPS) is 9.84. The maximum absolute atomic E-state index is 11.4. The second-order valence-electron chi connectivity index (χ2n) is 3.99. The Hall–Kier alpha value is -2.81. The second-order valence-corrected chi connectivity index (χ2v) is 3.99. The predicted molar refractivity (Wildman–Crippen MR) is 70.7 cm³/mol. The van der Waals surface area contributed by atoms with Gasteiger partial charge in [0.1, 0.15) is 13.1 Å². The van der Waals surface area contributed by atoms with Crippen molar-refractivity contribution >= 4 is 11.6 Å². The number of rotatable bonds is 4. The molecule has 2 aromatic rings. The van der Waals surface area contributed by atoms with Crippen molar-refractivity contribution in [3.63, 3.8) is 0 Å². The molecule has 0 bridgehead atoms. The first-order chi connectivity index (χ1) is 9.19. The number of aromatic nitrogens is 2. The van der Waals surface area contributed by atoms with Crippen molar-refractivity contribution in [1.29, 1.82) is 5.26 Å². The molecule has 0 spiro atoms. The highest BCUT2D eigenvalue weighted by atomic mass is 16.2. The summed E-state index contributed by atoms with van der Waals surface area (Å²) in [5.41, 5.74) is 8.23. The zero-order valence-electron chi connectivity index (χ0n) is 10.2. The lowest BCUT2D eigenvalue weighted by Gasteiger charge is -2.01. The first kappa shape index (κ1) is 12.6. The van der Waals surface area contributed by atoms with Gasteiger partial charge < -0.3 is 11.1 Å². The Kier molecular flexibility index (Phi) is 3.78. The van der Waals surface area contributed by atoms with E-state index in [0.717, 1.165) is 11.1 Å². The third-order valence-electron chi connectivity index (χ3n) is 2.52. The van der Waals surface area contributed by atoms with Crippen LogP contribution in [0.2, 0.25) is 0 Å². The average Bonchev–Trinajstić information content (AvgIpc) is 2.85. The molecule has 0 aliphatic heterocycles. The van der Waals surface area contributed by atoms with E-state index in [2.05, 4.69) is 10.4 Å². The van der Waals surface area contributed by atoms with E-state index in [-0.39, 0.29) is 19.0 Å². The third-order valence-corrected chi connectivity index (χ3v) is 2.52. The molecule has 1 heterocycles. The summed E-state index contributed by atoms with van der Waals surface area (Å²) in [5.74, 6) is -0.247. The van der Waals surface area contributed by atoms with Gasteiger partial charge in [0.15, 0.2) is 0 Å². The number of hydrogen-bond donors (Lipinski definition) is 2. The van der Waals surface area contributed by atoms with E-state index in [9.17, 15) is 4.79 Å². The number of nitrogens with two attached hydrogens (primary N) is 1. The molecule has 96 valence electrons. The summed E-state index contributed by atoms with van der Waals surface area (Å²) < 4.78 is 1.52. The summed E-state index contributed by atoms with van der Waals surface area (Å²) in [4.78, 5) is 11.4. The molecule has 0 aliphatic rings. The van der Waals surface area contributed by atoms with Crippen molar-refractivity contribution < 1.29 is 4.79 Å². The SMILES string of the molecule is N#CCNC(=O)Cn1cc(-c2cccc(N)c2)cn1. The van der Waals surface area contributed by atoms with Crippen LogP contribution < -0.4 is 11.1 Å². The summed E-state index contributed by atoms with van der Waals surface area (Å²) in [5, 5.41) is 14.9. The van der Waals surface area contributed by atoms with Gasteiger partial charge in [-0.05, 0) is 17.7 Å². The highest BCUT2D eigenvalue weighted by molar-refractivity contribution is 5.76. The number of benzene rings is 1. The number of carbonyl (C=O) groups excluding carboxylic acids is 1. The fraction of sp³-hybridized carbons (Fsp3) is 0.154. The standard InChI is InChI=1S/C13H13N5O/c14-4-5-16-13(19)9-18-8-11(7-17-18)10-2-1-3-12(15)6-10/h1-3,6-8H,5,9,15H2,(H,16,19). The Balaban J connectivity index is 2.07. The van der Waals surface area contributed by atoms with Gasteiger partial charge in [-0.3, -0.25) is 9.48 Å². The van der Waals surface area contributed by atoms with Crippen LogP contribution in [-0.4, -0.2) is 22.2 Å². The van der Waals surface area contributed by atoms with Gasteiger partial charge in [0, 0.05) is 17.4 Å². The van der Waals surface area contributed by atoms with E-state index in [0.29, 0.717) is 5.69 Å². The summed E-state index contributed by atoms with van der Waals surface area (Å²) in [6, 6.07) is 9.29. The van der Waals surface area contributed by atoms with E-state index in [1.165, 1.54) is 4.68 Å². The number of anilines is 1. The summed E-state index contributed by atoms with van der Waals surface area (Å²) in [6.45, 7) is 0.0895. The molecule has 6 heteroatoms. The van der Waals surface area contributed by atoms with Gasteiger partial charge in [0.05, 0.1) is 12.3 Å². The lowest BCUT2D eigenvalue weighted by molar-refractivity contribution is -0.121. The molecule has 1 aromatic carbocycles. The monoisotopic (exact) mass is 255 g/mol. The zero-order chi connectivity index (χ0) is 13.7. The highest BCUT2D eigenvalue weighted by Gasteiger charge is 2.05. The third kappa shape index (κ3) is 3.33. The number of nitriles is 1. The number of amides is 1. The molecule has 19 heavy (non-hydrogen) atoms. The minimum Gasteiger partial charge on any atom is -0.399 e. The molecule has 0 aliphatic carbocycles. The number of nitrogen functional groups attached to an aromatic ring is 1. The molecule has 0 unspecified atom stereocenters. The molecular formula is C13H13N5O. The van der Waals surface area contributed by atoms with Crippen molar-refractivity contribution in [1.82, 2.24) is 15.1 Å². The van der Waals surface area contributed by atoms with Crippen LogP contribution in [0.25, 0.3) is 11.1 Å². The topological polar surface area (TPSA) is 96.7 Å². The molecule has 3 N–H and O–H groups in total. The molecule has 0 fully saturated rings. The van der Waals surface area contributed by atoms with E-state index in [1.807, 2.05) is 30.3 Å². The fourth-order valence-electron chi connectivity index (χ4n) is 1.66. The Morgan fingerprint density at radius 2 is 2.32 bits per heavy atom. The predicted octanol–water partition coefficient (Wildman–Crippen LogP) is 0.772. The number of nitrogens with zero attached hydrogens (tertiary/aromatic N) is 3. The maximum Gasteiger partial charge on any atom is 0.242 e. The smallest absolute Gasteiger partial charge is 0.242 e. The number of hydrogen-bond acceptors (Lipinski definition) is 4. The van der Waals surface area contributed by atoms with Crippen LogP contribution in [0.3, 0.4) is 0 Å². The Morgan fingerprint density at radius 3 is 3.05 bits per heavy atom. The fourth-order valence-corrected chi connectivity index (χ4v) is 1.66. The second kappa shape index (κ2) is 5.69.